The van der Waals surface area contributed by atoms with E-state index in [2.05, 4.69) is 5.32 Å². The van der Waals surface area contributed by atoms with Gasteiger partial charge in [-0.3, -0.25) is 15.3 Å². The van der Waals surface area contributed by atoms with Crippen molar-refractivity contribution in [1.29, 1.82) is 0 Å². The molecule has 0 aromatic rings. The summed E-state index contributed by atoms with van der Waals surface area (Å²) < 4.78 is 19.4. The summed E-state index contributed by atoms with van der Waals surface area (Å²) >= 11 is 0. The summed E-state index contributed by atoms with van der Waals surface area (Å²) in [5, 5.41) is 11.5. The number of fused-ring (bicyclic) bond motifs is 2. The molecule has 4 aliphatic heterocycles. The van der Waals surface area contributed by atoms with Gasteiger partial charge in [0.15, 0.2) is 0 Å². The molecule has 0 bridgehead atoms. The van der Waals surface area contributed by atoms with E-state index in [1.54, 1.807) is 13.0 Å². The number of esters is 2. The van der Waals surface area contributed by atoms with Crippen LogP contribution in [-0.4, -0.2) is 83.7 Å². The predicted molar refractivity (Wildman–Crippen MR) is 159 cm³/mol. The van der Waals surface area contributed by atoms with Gasteiger partial charge in [-0.25, -0.2) is 4.79 Å². The Morgan fingerprint density at radius 3 is 2.60 bits per heavy atom. The minimum Gasteiger partial charge on any atom is -0.462 e. The molecule has 43 heavy (non-hydrogen) atoms. The van der Waals surface area contributed by atoms with Gasteiger partial charge in [-0.2, -0.15) is 0 Å². The molecule has 5 N–H and O–H groups in total. The van der Waals surface area contributed by atoms with Crippen LogP contribution in [0.3, 0.4) is 0 Å². The van der Waals surface area contributed by atoms with Crippen molar-refractivity contribution in [3.63, 3.8) is 0 Å². The summed E-state index contributed by atoms with van der Waals surface area (Å²) in [4.78, 5) is 40.9. The quantitative estimate of drug-likeness (QED) is 0.254. The van der Waals surface area contributed by atoms with E-state index in [1.165, 1.54) is 0 Å². The van der Waals surface area contributed by atoms with Gasteiger partial charge in [0.05, 0.1) is 18.6 Å². The molecule has 10 heteroatoms. The molecule has 4 saturated heterocycles. The van der Waals surface area contributed by atoms with Crippen LogP contribution >= 0.6 is 0 Å². The number of hydrogen-bond donors (Lipinski definition) is 3. The third-order valence-corrected chi connectivity index (χ3v) is 11.4. The number of allylic oxidation sites excluding steroid dienone is 1. The molecule has 4 heterocycles. The second kappa shape index (κ2) is 13.2. The van der Waals surface area contributed by atoms with Gasteiger partial charge in [0.25, 0.3) is 0 Å². The lowest BCUT2D eigenvalue weighted by Crippen LogP contribution is -2.96. The van der Waals surface area contributed by atoms with E-state index in [0.29, 0.717) is 37.7 Å². The molecule has 0 aromatic heterocycles. The first-order chi connectivity index (χ1) is 20.4. The van der Waals surface area contributed by atoms with Gasteiger partial charge in [0.2, 0.25) is 5.91 Å². The maximum Gasteiger partial charge on any atom is 0.334 e. The number of quaternary nitrogens is 1. The van der Waals surface area contributed by atoms with E-state index < -0.39 is 11.2 Å². The van der Waals surface area contributed by atoms with Crippen LogP contribution in [0.4, 0.5) is 0 Å². The first-order valence-corrected chi connectivity index (χ1v) is 16.7. The van der Waals surface area contributed by atoms with Crippen LogP contribution in [-0.2, 0) is 28.6 Å². The molecular formula is C33H54N3O7+. The molecule has 5 rings (SSSR count). The van der Waals surface area contributed by atoms with Crippen molar-refractivity contribution in [2.75, 3.05) is 26.2 Å². The minimum absolute atomic E-state index is 0.0461. The molecule has 0 spiro atoms. The van der Waals surface area contributed by atoms with Crippen molar-refractivity contribution in [1.82, 2.24) is 4.90 Å². The molecule has 10 nitrogen and oxygen atoms in total. The molecule has 1 saturated carbocycles. The van der Waals surface area contributed by atoms with Gasteiger partial charge in [-0.1, -0.05) is 6.08 Å². The lowest BCUT2D eigenvalue weighted by atomic mass is 9.66. The van der Waals surface area contributed by atoms with E-state index in [0.717, 1.165) is 51.7 Å². The standard InChI is InChI=1S/C33H53N3O7/c1-5-20(2)30(39)43-32(3,4)33(17-23-14-28(34)35-19-25(23)15-29(38)36-9-7-10-36)18-24-13-22-12-21(8-6-11-37)31(40)41-26(22)16-27(24)42-33/h5,21-28,35,37H,6-19,34H2,1-4H3/p+1/t21?,22?,23?,24?,25?,26?,27?,28?,33-/m1/s1. The molecule has 1 aliphatic carbocycles. The van der Waals surface area contributed by atoms with Gasteiger partial charge in [-0.05, 0) is 90.4 Å². The van der Waals surface area contributed by atoms with Crippen LogP contribution < -0.4 is 11.1 Å². The lowest BCUT2D eigenvalue weighted by Gasteiger charge is -2.47. The number of nitrogens with two attached hydrogens (primary N) is 2. The number of likely N-dealkylation sites (tertiary alicyclic amines) is 1. The Labute approximate surface area is 256 Å². The van der Waals surface area contributed by atoms with E-state index >= 15 is 0 Å². The Bertz CT molecular complexity index is 1070. The number of hydrogen-bond acceptors (Lipinski definition) is 8. The summed E-state index contributed by atoms with van der Waals surface area (Å²) in [5.41, 5.74) is 5.34. The van der Waals surface area contributed by atoms with Crippen LogP contribution in [0.2, 0.25) is 0 Å². The number of aliphatic hydroxyl groups excluding tert-OH is 1. The molecule has 5 fully saturated rings. The van der Waals surface area contributed by atoms with Crippen molar-refractivity contribution in [2.45, 2.75) is 121 Å². The number of ether oxygens (including phenoxy) is 3. The highest BCUT2D eigenvalue weighted by atomic mass is 16.6. The molecule has 242 valence electrons. The third kappa shape index (κ3) is 6.82. The highest BCUT2D eigenvalue weighted by molar-refractivity contribution is 5.88. The summed E-state index contributed by atoms with van der Waals surface area (Å²) in [6.45, 7) is 10.1. The number of carbonyl (C=O) groups excluding carboxylic acids is 3. The van der Waals surface area contributed by atoms with E-state index in [9.17, 15) is 19.5 Å². The fraction of sp³-hybridized carbons (Fsp3) is 0.848. The smallest absolute Gasteiger partial charge is 0.334 e. The number of aliphatic hydroxyl groups is 1. The SMILES string of the molecule is CC=C(C)C(=O)OC(C)(C)[C@@]1(CC2CC(N)[NH2+]CC2CC(=O)N2CCC2)CC2CC3CC(CCCO)C(=O)OC3CC2O1. The fourth-order valence-electron chi connectivity index (χ4n) is 8.41. The molecule has 9 atom stereocenters. The van der Waals surface area contributed by atoms with Gasteiger partial charge in [0.1, 0.15) is 23.5 Å². The second-order valence-electron chi connectivity index (χ2n) is 14.5. The lowest BCUT2D eigenvalue weighted by molar-refractivity contribution is -0.706. The Morgan fingerprint density at radius 2 is 1.93 bits per heavy atom. The van der Waals surface area contributed by atoms with Crippen molar-refractivity contribution < 1.29 is 39.0 Å². The van der Waals surface area contributed by atoms with Gasteiger partial charge >= 0.3 is 11.9 Å². The second-order valence-corrected chi connectivity index (χ2v) is 14.5. The summed E-state index contributed by atoms with van der Waals surface area (Å²) in [6, 6.07) is 0. The first-order valence-electron chi connectivity index (χ1n) is 16.7. The maximum absolute atomic E-state index is 13.1. The van der Waals surface area contributed by atoms with Crippen molar-refractivity contribution >= 4 is 17.8 Å². The number of nitrogens with zero attached hydrogens (tertiary/aromatic N) is 1. The largest absolute Gasteiger partial charge is 0.462 e. The zero-order valence-electron chi connectivity index (χ0n) is 26.6. The molecule has 0 aromatic carbocycles. The van der Waals surface area contributed by atoms with Gasteiger partial charge in [-0.15, -0.1) is 0 Å². The summed E-state index contributed by atoms with van der Waals surface area (Å²) in [5.74, 6) is 0.372. The highest BCUT2D eigenvalue weighted by Crippen LogP contribution is 2.55. The average Bonchev–Trinajstić information content (AvgIpc) is 3.29. The molecule has 1 amide bonds. The number of piperidine rings is 1. The Hall–Kier alpha value is -2.01. The van der Waals surface area contributed by atoms with Crippen LogP contribution in [0.5, 0.6) is 0 Å². The molecule has 0 radical (unpaired) electrons. The van der Waals surface area contributed by atoms with Crippen LogP contribution in [0.15, 0.2) is 11.6 Å². The summed E-state index contributed by atoms with van der Waals surface area (Å²) in [6.07, 6.45) is 8.75. The van der Waals surface area contributed by atoms with Crippen LogP contribution in [0.25, 0.3) is 0 Å². The number of rotatable bonds is 10. The minimum atomic E-state index is -0.936. The topological polar surface area (TPSA) is 145 Å². The average molecular weight is 605 g/mol. The van der Waals surface area contributed by atoms with E-state index in [1.807, 2.05) is 25.7 Å². The molecule has 8 unspecified atom stereocenters. The van der Waals surface area contributed by atoms with E-state index in [4.69, 9.17) is 19.9 Å². The van der Waals surface area contributed by atoms with Crippen molar-refractivity contribution in [3.8, 4) is 0 Å². The zero-order chi connectivity index (χ0) is 30.9. The van der Waals surface area contributed by atoms with Gasteiger partial charge in [0, 0.05) is 50.4 Å². The van der Waals surface area contributed by atoms with Crippen LogP contribution in [0.1, 0.15) is 91.9 Å². The van der Waals surface area contributed by atoms with Crippen molar-refractivity contribution in [2.24, 2.45) is 35.3 Å². The Kier molecular flexibility index (Phi) is 9.90. The highest BCUT2D eigenvalue weighted by Gasteiger charge is 2.61. The van der Waals surface area contributed by atoms with E-state index in [-0.39, 0.29) is 72.4 Å². The monoisotopic (exact) mass is 604 g/mol. The number of amides is 1. The third-order valence-electron chi connectivity index (χ3n) is 11.4. The summed E-state index contributed by atoms with van der Waals surface area (Å²) in [7, 11) is 0. The van der Waals surface area contributed by atoms with Crippen molar-refractivity contribution in [3.05, 3.63) is 11.6 Å². The zero-order valence-corrected chi connectivity index (χ0v) is 26.6. The Balaban J connectivity index is 1.39. The predicted octanol–water partition coefficient (Wildman–Crippen LogP) is 2.03. The Morgan fingerprint density at radius 1 is 1.16 bits per heavy atom. The normalized spacial score (nSPS) is 38.0. The maximum atomic E-state index is 13.1. The first kappa shape index (κ1) is 32.4. The number of carbonyl (C=O) groups is 3. The van der Waals surface area contributed by atoms with Gasteiger partial charge < -0.3 is 29.5 Å². The molecule has 5 aliphatic rings. The molecular weight excluding hydrogens is 550 g/mol. The van der Waals surface area contributed by atoms with Crippen LogP contribution in [0, 0.1) is 29.6 Å². The fourth-order valence-corrected chi connectivity index (χ4v) is 8.41.